The van der Waals surface area contributed by atoms with E-state index in [2.05, 4.69) is 42.5 Å². The van der Waals surface area contributed by atoms with Crippen molar-refractivity contribution in [1.29, 1.82) is 0 Å². The Labute approximate surface area is 156 Å². The molecule has 1 unspecified atom stereocenters. The van der Waals surface area contributed by atoms with Crippen LogP contribution < -0.4 is 0 Å². The highest BCUT2D eigenvalue weighted by Gasteiger charge is 2.53. The van der Waals surface area contributed by atoms with Crippen molar-refractivity contribution < 1.29 is 0 Å². The maximum atomic E-state index is 6.34. The number of pyridine rings is 2. The summed E-state index contributed by atoms with van der Waals surface area (Å²) in [6.07, 6.45) is 3.74. The summed E-state index contributed by atoms with van der Waals surface area (Å²) >= 11 is 6.34. The molecule has 0 bridgehead atoms. The number of hydrogen-bond donors (Lipinski definition) is 0. The van der Waals surface area contributed by atoms with E-state index in [0.717, 1.165) is 22.0 Å². The van der Waals surface area contributed by atoms with E-state index in [1.807, 2.05) is 36.7 Å². The van der Waals surface area contributed by atoms with Crippen molar-refractivity contribution in [2.24, 2.45) is 0 Å². The third kappa shape index (κ3) is 1.50. The summed E-state index contributed by atoms with van der Waals surface area (Å²) in [6, 6.07) is 23.1. The Morgan fingerprint density at radius 3 is 2.35 bits per heavy atom. The van der Waals surface area contributed by atoms with Crippen LogP contribution in [0, 0.1) is 0 Å². The van der Waals surface area contributed by atoms with Crippen LogP contribution in [-0.2, 0) is 5.41 Å². The molecule has 0 amide bonds. The first-order valence-corrected chi connectivity index (χ1v) is 9.01. The zero-order valence-corrected chi connectivity index (χ0v) is 14.5. The second kappa shape index (κ2) is 4.80. The van der Waals surface area contributed by atoms with Crippen LogP contribution in [-0.4, -0.2) is 9.97 Å². The topological polar surface area (TPSA) is 25.8 Å². The lowest BCUT2D eigenvalue weighted by Crippen LogP contribution is -2.27. The van der Waals surface area contributed by atoms with Crippen LogP contribution in [0.2, 0.25) is 5.02 Å². The lowest BCUT2D eigenvalue weighted by molar-refractivity contribution is 0.758. The number of nitrogens with zero attached hydrogens (tertiary/aromatic N) is 2. The van der Waals surface area contributed by atoms with Crippen LogP contribution in [0.3, 0.4) is 0 Å². The minimum absolute atomic E-state index is 0.420. The van der Waals surface area contributed by atoms with Crippen molar-refractivity contribution in [3.8, 4) is 22.4 Å². The van der Waals surface area contributed by atoms with E-state index in [-0.39, 0.29) is 0 Å². The first-order valence-electron chi connectivity index (χ1n) is 8.63. The zero-order chi connectivity index (χ0) is 17.3. The highest BCUT2D eigenvalue weighted by molar-refractivity contribution is 6.31. The van der Waals surface area contributed by atoms with Crippen LogP contribution in [0.15, 0.2) is 79.1 Å². The van der Waals surface area contributed by atoms with Crippen LogP contribution in [0.1, 0.15) is 22.4 Å². The predicted molar refractivity (Wildman–Crippen MR) is 103 cm³/mol. The second-order valence-electron chi connectivity index (χ2n) is 6.78. The Kier molecular flexibility index (Phi) is 2.63. The van der Waals surface area contributed by atoms with Gasteiger partial charge in [-0.1, -0.05) is 54.1 Å². The number of aromatic nitrogens is 2. The Bertz CT molecular complexity index is 1170. The number of rotatable bonds is 0. The lowest BCUT2D eigenvalue weighted by atomic mass is 9.73. The molecule has 2 aliphatic rings. The van der Waals surface area contributed by atoms with Crippen molar-refractivity contribution in [2.75, 3.05) is 0 Å². The van der Waals surface area contributed by atoms with Gasteiger partial charge in [-0.3, -0.25) is 9.97 Å². The highest BCUT2D eigenvalue weighted by Crippen LogP contribution is 2.61. The maximum absolute atomic E-state index is 6.34. The van der Waals surface area contributed by atoms with E-state index in [4.69, 9.17) is 21.6 Å². The molecule has 6 rings (SSSR count). The molecule has 2 aromatic heterocycles. The van der Waals surface area contributed by atoms with E-state index in [9.17, 15) is 0 Å². The number of benzene rings is 2. The summed E-state index contributed by atoms with van der Waals surface area (Å²) in [6.45, 7) is 0. The fourth-order valence-electron chi connectivity index (χ4n) is 4.75. The SMILES string of the molecule is Clc1ccc2c(c1)-c1ncccc1C21c2ccccc2-c2cccnc21. The van der Waals surface area contributed by atoms with Crippen molar-refractivity contribution >= 4 is 11.6 Å². The molecule has 2 aliphatic carbocycles. The smallest absolute Gasteiger partial charge is 0.0913 e. The van der Waals surface area contributed by atoms with Gasteiger partial charge < -0.3 is 0 Å². The lowest BCUT2D eigenvalue weighted by Gasteiger charge is -2.28. The summed E-state index contributed by atoms with van der Waals surface area (Å²) in [5, 5.41) is 0.727. The first-order chi connectivity index (χ1) is 12.8. The van der Waals surface area contributed by atoms with Crippen molar-refractivity contribution in [2.45, 2.75) is 5.41 Å². The van der Waals surface area contributed by atoms with Crippen molar-refractivity contribution in [3.63, 3.8) is 0 Å². The van der Waals surface area contributed by atoms with Gasteiger partial charge in [-0.15, -0.1) is 0 Å². The molecule has 2 aromatic carbocycles. The predicted octanol–water partition coefficient (Wildman–Crippen LogP) is 5.47. The number of fused-ring (bicyclic) bond motifs is 10. The molecule has 0 aliphatic heterocycles. The molecule has 1 atom stereocenters. The minimum atomic E-state index is -0.420. The van der Waals surface area contributed by atoms with Gasteiger partial charge in [0, 0.05) is 28.5 Å². The van der Waals surface area contributed by atoms with Crippen LogP contribution in [0.4, 0.5) is 0 Å². The van der Waals surface area contributed by atoms with E-state index in [1.54, 1.807) is 0 Å². The molecule has 2 nitrogen and oxygen atoms in total. The maximum Gasteiger partial charge on any atom is 0.0913 e. The Hall–Kier alpha value is -2.97. The molecule has 2 heterocycles. The third-order valence-corrected chi connectivity index (χ3v) is 5.87. The first kappa shape index (κ1) is 14.2. The Morgan fingerprint density at radius 1 is 0.654 bits per heavy atom. The monoisotopic (exact) mass is 352 g/mol. The summed E-state index contributed by atoms with van der Waals surface area (Å²) in [7, 11) is 0. The minimum Gasteiger partial charge on any atom is -0.259 e. The van der Waals surface area contributed by atoms with E-state index >= 15 is 0 Å². The summed E-state index contributed by atoms with van der Waals surface area (Å²) in [4.78, 5) is 9.59. The van der Waals surface area contributed by atoms with Gasteiger partial charge in [0.25, 0.3) is 0 Å². The van der Waals surface area contributed by atoms with Crippen LogP contribution in [0.25, 0.3) is 22.4 Å². The van der Waals surface area contributed by atoms with Crippen LogP contribution in [0.5, 0.6) is 0 Å². The molecule has 3 heteroatoms. The second-order valence-corrected chi connectivity index (χ2v) is 7.22. The van der Waals surface area contributed by atoms with Gasteiger partial charge in [0.1, 0.15) is 0 Å². The molecule has 122 valence electrons. The molecule has 1 spiro atoms. The van der Waals surface area contributed by atoms with E-state index in [0.29, 0.717) is 0 Å². The highest BCUT2D eigenvalue weighted by atomic mass is 35.5. The molecule has 0 saturated carbocycles. The van der Waals surface area contributed by atoms with E-state index < -0.39 is 5.41 Å². The molecular formula is C23H13ClN2. The van der Waals surface area contributed by atoms with Gasteiger partial charge in [0.15, 0.2) is 0 Å². The van der Waals surface area contributed by atoms with Crippen molar-refractivity contribution in [3.05, 3.63) is 107 Å². The summed E-state index contributed by atoms with van der Waals surface area (Å²) in [5.74, 6) is 0. The van der Waals surface area contributed by atoms with Gasteiger partial charge in [0.2, 0.25) is 0 Å². The fraction of sp³-hybridized carbons (Fsp3) is 0.0435. The normalized spacial score (nSPS) is 18.3. The van der Waals surface area contributed by atoms with Crippen LogP contribution >= 0.6 is 11.6 Å². The number of halogens is 1. The molecule has 0 saturated heterocycles. The average molecular weight is 353 g/mol. The zero-order valence-electron chi connectivity index (χ0n) is 13.8. The molecule has 0 fully saturated rings. The van der Waals surface area contributed by atoms with Gasteiger partial charge in [-0.25, -0.2) is 0 Å². The molecule has 0 radical (unpaired) electrons. The van der Waals surface area contributed by atoms with Gasteiger partial charge in [-0.2, -0.15) is 0 Å². The molecule has 4 aromatic rings. The summed E-state index contributed by atoms with van der Waals surface area (Å²) < 4.78 is 0. The third-order valence-electron chi connectivity index (χ3n) is 5.64. The largest absolute Gasteiger partial charge is 0.259 e. The van der Waals surface area contributed by atoms with Crippen molar-refractivity contribution in [1.82, 2.24) is 9.97 Å². The molecule has 26 heavy (non-hydrogen) atoms. The quantitative estimate of drug-likeness (QED) is 0.362. The van der Waals surface area contributed by atoms with Gasteiger partial charge in [0.05, 0.1) is 16.8 Å². The Morgan fingerprint density at radius 2 is 1.38 bits per heavy atom. The standard InChI is InChI=1S/C23H13ClN2/c24-14-9-10-19-17(13-14)21-20(8-4-11-25-21)23(19)18-7-2-1-5-15(18)16-6-3-12-26-22(16)23/h1-13H. The molecular weight excluding hydrogens is 340 g/mol. The average Bonchev–Trinajstić information content (AvgIpc) is 3.15. The van der Waals surface area contributed by atoms with Gasteiger partial charge >= 0.3 is 0 Å². The van der Waals surface area contributed by atoms with E-state index in [1.165, 1.54) is 27.8 Å². The Balaban J connectivity index is 1.87. The fourth-order valence-corrected chi connectivity index (χ4v) is 4.92. The van der Waals surface area contributed by atoms with Gasteiger partial charge in [-0.05, 0) is 46.5 Å². The summed E-state index contributed by atoms with van der Waals surface area (Å²) in [5.41, 5.74) is 8.85. The number of hydrogen-bond acceptors (Lipinski definition) is 2. The molecule has 0 N–H and O–H groups in total.